The fourth-order valence-corrected chi connectivity index (χ4v) is 3.64. The van der Waals surface area contributed by atoms with Crippen LogP contribution in [0.1, 0.15) is 50.7 Å². The smallest absolute Gasteiger partial charge is 0.129 e. The average molecular weight is 260 g/mol. The van der Waals surface area contributed by atoms with Gasteiger partial charge in [-0.3, -0.25) is 5.41 Å². The summed E-state index contributed by atoms with van der Waals surface area (Å²) in [7, 11) is 0. The van der Waals surface area contributed by atoms with E-state index in [-0.39, 0.29) is 11.2 Å². The van der Waals surface area contributed by atoms with Crippen LogP contribution in [0.5, 0.6) is 0 Å². The summed E-state index contributed by atoms with van der Waals surface area (Å²) in [6.45, 7) is 5.36. The lowest BCUT2D eigenvalue weighted by Crippen LogP contribution is -2.47. The van der Waals surface area contributed by atoms with E-state index in [0.717, 1.165) is 24.1 Å². The zero-order valence-corrected chi connectivity index (χ0v) is 11.7. The molecule has 1 aromatic rings. The summed E-state index contributed by atoms with van der Waals surface area (Å²) in [6.07, 6.45) is 4.88. The van der Waals surface area contributed by atoms with Gasteiger partial charge in [0.1, 0.15) is 11.7 Å². The van der Waals surface area contributed by atoms with E-state index in [2.05, 4.69) is 18.7 Å². The molecule has 1 heterocycles. The number of nitrogens with one attached hydrogen (secondary N) is 1. The highest BCUT2D eigenvalue weighted by atomic mass is 19.1. The Morgan fingerprint density at radius 3 is 2.84 bits per heavy atom. The third kappa shape index (κ3) is 2.05. The number of amidine groups is 1. The van der Waals surface area contributed by atoms with E-state index in [0.29, 0.717) is 11.9 Å². The molecule has 0 amide bonds. The van der Waals surface area contributed by atoms with Gasteiger partial charge in [0.05, 0.1) is 0 Å². The van der Waals surface area contributed by atoms with Gasteiger partial charge in [-0.2, -0.15) is 0 Å². The van der Waals surface area contributed by atoms with Crippen molar-refractivity contribution in [2.45, 2.75) is 52.1 Å². The summed E-state index contributed by atoms with van der Waals surface area (Å²) in [4.78, 5) is 2.18. The molecule has 2 aliphatic rings. The lowest BCUT2D eigenvalue weighted by molar-refractivity contribution is 0.0964. The molecule has 3 heteroatoms. The summed E-state index contributed by atoms with van der Waals surface area (Å²) in [5.41, 5.74) is 2.11. The second kappa shape index (κ2) is 4.32. The van der Waals surface area contributed by atoms with Crippen molar-refractivity contribution in [1.29, 1.82) is 5.41 Å². The molecular formula is C16H21FN2. The van der Waals surface area contributed by atoms with Crippen LogP contribution in [0.4, 0.5) is 4.39 Å². The fourth-order valence-electron chi connectivity index (χ4n) is 3.64. The maximum Gasteiger partial charge on any atom is 0.129 e. The summed E-state index contributed by atoms with van der Waals surface area (Å²) in [5, 5.41) is 8.36. The van der Waals surface area contributed by atoms with Crippen LogP contribution in [-0.4, -0.2) is 16.8 Å². The Balaban J connectivity index is 1.91. The van der Waals surface area contributed by atoms with Crippen LogP contribution in [0.15, 0.2) is 18.2 Å². The van der Waals surface area contributed by atoms with Crippen LogP contribution in [0.25, 0.3) is 0 Å². The molecular weight excluding hydrogens is 239 g/mol. The average Bonchev–Trinajstić information content (AvgIpc) is 2.66. The molecule has 1 saturated carbocycles. The number of benzene rings is 1. The minimum absolute atomic E-state index is 0.241. The van der Waals surface area contributed by atoms with Gasteiger partial charge in [-0.1, -0.05) is 32.8 Å². The molecule has 1 atom stereocenters. The summed E-state index contributed by atoms with van der Waals surface area (Å²) < 4.78 is 13.3. The summed E-state index contributed by atoms with van der Waals surface area (Å²) in [5.74, 6) is 0.266. The highest BCUT2D eigenvalue weighted by Gasteiger charge is 2.40. The van der Waals surface area contributed by atoms with Crippen LogP contribution >= 0.6 is 0 Å². The van der Waals surface area contributed by atoms with Crippen molar-refractivity contribution >= 4 is 5.84 Å². The molecule has 0 radical (unpaired) electrons. The molecule has 0 aromatic heterocycles. The van der Waals surface area contributed by atoms with Gasteiger partial charge in [0.2, 0.25) is 0 Å². The molecule has 2 nitrogen and oxygen atoms in total. The summed E-state index contributed by atoms with van der Waals surface area (Å²) in [6, 6.07) is 5.24. The number of nitrogens with zero attached hydrogens (tertiary/aromatic N) is 1. The Bertz CT molecular complexity index is 521. The normalized spacial score (nSPS) is 25.5. The predicted molar refractivity (Wildman–Crippen MR) is 74.8 cm³/mol. The van der Waals surface area contributed by atoms with E-state index in [1.165, 1.54) is 31.4 Å². The Hall–Kier alpha value is -1.38. The minimum atomic E-state index is -0.242. The lowest BCUT2D eigenvalue weighted by atomic mass is 9.72. The number of rotatable bonds is 1. The van der Waals surface area contributed by atoms with Crippen molar-refractivity contribution in [3.05, 3.63) is 35.1 Å². The Morgan fingerprint density at radius 1 is 1.32 bits per heavy atom. The molecule has 1 N–H and O–H groups in total. The predicted octanol–water partition coefficient (Wildman–Crippen LogP) is 3.94. The Labute approximate surface area is 114 Å². The zero-order valence-electron chi connectivity index (χ0n) is 11.7. The molecule has 1 aliphatic carbocycles. The van der Waals surface area contributed by atoms with Gasteiger partial charge >= 0.3 is 0 Å². The lowest BCUT2D eigenvalue weighted by Gasteiger charge is -2.44. The SMILES string of the molecule is CC1(C)CCCCC1N1Cc2ccc(F)cc2C1=N. The van der Waals surface area contributed by atoms with Gasteiger partial charge in [0.25, 0.3) is 0 Å². The van der Waals surface area contributed by atoms with Crippen molar-refractivity contribution < 1.29 is 4.39 Å². The van der Waals surface area contributed by atoms with Crippen molar-refractivity contribution in [2.24, 2.45) is 5.41 Å². The highest BCUT2D eigenvalue weighted by Crippen LogP contribution is 2.41. The molecule has 1 unspecified atom stereocenters. The number of hydrogen-bond acceptors (Lipinski definition) is 1. The number of hydrogen-bond donors (Lipinski definition) is 1. The maximum atomic E-state index is 13.3. The quantitative estimate of drug-likeness (QED) is 0.813. The van der Waals surface area contributed by atoms with Crippen LogP contribution < -0.4 is 0 Å². The molecule has 102 valence electrons. The van der Waals surface area contributed by atoms with Gasteiger partial charge in [-0.15, -0.1) is 0 Å². The molecule has 1 aliphatic heterocycles. The first-order valence-corrected chi connectivity index (χ1v) is 7.13. The second-order valence-corrected chi connectivity index (χ2v) is 6.53. The van der Waals surface area contributed by atoms with E-state index in [4.69, 9.17) is 5.41 Å². The largest absolute Gasteiger partial charge is 0.349 e. The van der Waals surface area contributed by atoms with Crippen molar-refractivity contribution in [3.8, 4) is 0 Å². The van der Waals surface area contributed by atoms with Crippen molar-refractivity contribution in [3.63, 3.8) is 0 Å². The van der Waals surface area contributed by atoms with Crippen molar-refractivity contribution in [2.75, 3.05) is 0 Å². The van der Waals surface area contributed by atoms with Gasteiger partial charge in [0.15, 0.2) is 0 Å². The van der Waals surface area contributed by atoms with Gasteiger partial charge in [-0.05, 0) is 36.0 Å². The molecule has 19 heavy (non-hydrogen) atoms. The van der Waals surface area contributed by atoms with Crippen LogP contribution in [0.2, 0.25) is 0 Å². The number of halogens is 1. The molecule has 0 spiro atoms. The highest BCUT2D eigenvalue weighted by molar-refractivity contribution is 6.00. The van der Waals surface area contributed by atoms with E-state index >= 15 is 0 Å². The minimum Gasteiger partial charge on any atom is -0.349 e. The molecule has 3 rings (SSSR count). The standard InChI is InChI=1S/C16H21FN2/c1-16(2)8-4-3-5-14(16)19-10-11-6-7-12(17)9-13(11)15(19)18/h6-7,9,14,18H,3-5,8,10H2,1-2H3. The second-order valence-electron chi connectivity index (χ2n) is 6.53. The van der Waals surface area contributed by atoms with E-state index in [9.17, 15) is 4.39 Å². The summed E-state index contributed by atoms with van der Waals surface area (Å²) >= 11 is 0. The number of fused-ring (bicyclic) bond motifs is 1. The van der Waals surface area contributed by atoms with Crippen LogP contribution in [-0.2, 0) is 6.54 Å². The van der Waals surface area contributed by atoms with Gasteiger partial charge in [0, 0.05) is 18.2 Å². The molecule has 0 bridgehead atoms. The maximum absolute atomic E-state index is 13.3. The van der Waals surface area contributed by atoms with Gasteiger partial charge in [-0.25, -0.2) is 4.39 Å². The topological polar surface area (TPSA) is 27.1 Å². The van der Waals surface area contributed by atoms with Crippen LogP contribution in [0.3, 0.4) is 0 Å². The first-order valence-electron chi connectivity index (χ1n) is 7.13. The third-order valence-corrected chi connectivity index (χ3v) is 4.78. The van der Waals surface area contributed by atoms with E-state index in [1.807, 2.05) is 6.07 Å². The zero-order chi connectivity index (χ0) is 13.6. The fraction of sp³-hybridized carbons (Fsp3) is 0.562. The monoisotopic (exact) mass is 260 g/mol. The first-order chi connectivity index (χ1) is 8.99. The third-order valence-electron chi connectivity index (χ3n) is 4.78. The van der Waals surface area contributed by atoms with Gasteiger partial charge < -0.3 is 4.90 Å². The van der Waals surface area contributed by atoms with Crippen molar-refractivity contribution in [1.82, 2.24) is 4.90 Å². The first kappa shape index (κ1) is 12.6. The van der Waals surface area contributed by atoms with E-state index < -0.39 is 0 Å². The van der Waals surface area contributed by atoms with Crippen LogP contribution in [0, 0.1) is 16.6 Å². The molecule has 0 saturated heterocycles. The van der Waals surface area contributed by atoms with E-state index in [1.54, 1.807) is 0 Å². The Morgan fingerprint density at radius 2 is 2.11 bits per heavy atom. The Kier molecular flexibility index (Phi) is 2.88. The molecule has 1 fully saturated rings. The molecule has 1 aromatic carbocycles.